The first-order valence-electron chi connectivity index (χ1n) is 6.26. The number of rotatable bonds is 2. The second-order valence-corrected chi connectivity index (χ2v) is 4.92. The zero-order valence-electron chi connectivity index (χ0n) is 11.0. The molecule has 17 heavy (non-hydrogen) atoms. The monoisotopic (exact) mass is 239 g/mol. The highest BCUT2D eigenvalue weighted by molar-refractivity contribution is 5.89. The van der Waals surface area contributed by atoms with Crippen molar-refractivity contribution in [1.82, 2.24) is 4.90 Å². The summed E-state index contributed by atoms with van der Waals surface area (Å²) in [6.07, 6.45) is 2.15. The van der Waals surface area contributed by atoms with Crippen LogP contribution >= 0.6 is 0 Å². The maximum absolute atomic E-state index is 11.8. The van der Waals surface area contributed by atoms with Crippen molar-refractivity contribution in [3.63, 3.8) is 0 Å². The number of hydrogen-bond donors (Lipinski definition) is 0. The molecule has 4 nitrogen and oxygen atoms in total. The third kappa shape index (κ3) is 1.95. The predicted molar refractivity (Wildman–Crippen MR) is 64.1 cm³/mol. The highest BCUT2D eigenvalue weighted by Crippen LogP contribution is 2.42. The minimum absolute atomic E-state index is 0.118. The first kappa shape index (κ1) is 12.4. The van der Waals surface area contributed by atoms with Gasteiger partial charge in [0.05, 0.1) is 12.7 Å². The Kier molecular flexibility index (Phi) is 3.43. The molecule has 0 aromatic carbocycles. The zero-order chi connectivity index (χ0) is 12.6. The van der Waals surface area contributed by atoms with Crippen LogP contribution in [0.15, 0.2) is 11.3 Å². The molecular formula is C13H21NO3. The molecule has 2 aliphatic rings. The van der Waals surface area contributed by atoms with E-state index >= 15 is 0 Å². The fourth-order valence-electron chi connectivity index (χ4n) is 3.14. The molecule has 0 aliphatic carbocycles. The van der Waals surface area contributed by atoms with E-state index < -0.39 is 0 Å². The summed E-state index contributed by atoms with van der Waals surface area (Å²) in [5.74, 6) is 1.20. The fourth-order valence-corrected chi connectivity index (χ4v) is 3.14. The molecule has 0 N–H and O–H groups in total. The Labute approximate surface area is 103 Å². The SMILES string of the molecule is CCC1C2CCN(C)C1OC(C)=C2C(=O)OC. The molecule has 0 spiro atoms. The molecule has 0 aromatic rings. The van der Waals surface area contributed by atoms with Gasteiger partial charge in [-0.3, -0.25) is 4.90 Å². The summed E-state index contributed by atoms with van der Waals surface area (Å²) < 4.78 is 10.8. The summed E-state index contributed by atoms with van der Waals surface area (Å²) >= 11 is 0. The highest BCUT2D eigenvalue weighted by atomic mass is 16.5. The Morgan fingerprint density at radius 3 is 2.88 bits per heavy atom. The molecule has 1 saturated heterocycles. The minimum atomic E-state index is -0.228. The standard InChI is InChI=1S/C13H21NO3/c1-5-9-10-6-7-14(3)12(9)17-8(2)11(10)13(15)16-4/h9-10,12H,5-7H2,1-4H3. The van der Waals surface area contributed by atoms with Gasteiger partial charge in [-0.05, 0) is 26.8 Å². The van der Waals surface area contributed by atoms with Crippen LogP contribution < -0.4 is 0 Å². The molecule has 4 heteroatoms. The van der Waals surface area contributed by atoms with Crippen LogP contribution in [-0.4, -0.2) is 37.8 Å². The number of hydrogen-bond acceptors (Lipinski definition) is 4. The quantitative estimate of drug-likeness (QED) is 0.688. The van der Waals surface area contributed by atoms with Gasteiger partial charge >= 0.3 is 5.97 Å². The third-order valence-corrected chi connectivity index (χ3v) is 4.03. The molecular weight excluding hydrogens is 218 g/mol. The lowest BCUT2D eigenvalue weighted by atomic mass is 9.75. The summed E-state index contributed by atoms with van der Waals surface area (Å²) in [6.45, 7) is 5.00. The maximum Gasteiger partial charge on any atom is 0.337 e. The number of esters is 1. The van der Waals surface area contributed by atoms with Gasteiger partial charge in [-0.2, -0.15) is 0 Å². The van der Waals surface area contributed by atoms with Crippen LogP contribution in [0.4, 0.5) is 0 Å². The lowest BCUT2D eigenvalue weighted by Gasteiger charge is -2.47. The second-order valence-electron chi connectivity index (χ2n) is 4.92. The molecule has 0 aromatic heterocycles. The number of fused-ring (bicyclic) bond motifs is 2. The van der Waals surface area contributed by atoms with Gasteiger partial charge in [0, 0.05) is 18.4 Å². The van der Waals surface area contributed by atoms with Crippen molar-refractivity contribution in [2.75, 3.05) is 20.7 Å². The van der Waals surface area contributed by atoms with E-state index in [-0.39, 0.29) is 12.2 Å². The van der Waals surface area contributed by atoms with Crippen LogP contribution in [-0.2, 0) is 14.3 Å². The van der Waals surface area contributed by atoms with E-state index in [0.29, 0.717) is 11.8 Å². The Hall–Kier alpha value is -1.03. The number of likely N-dealkylation sites (tertiary alicyclic amines) is 1. The first-order chi connectivity index (χ1) is 8.10. The molecule has 2 bridgehead atoms. The minimum Gasteiger partial charge on any atom is -0.479 e. The molecule has 3 unspecified atom stereocenters. The lowest BCUT2D eigenvalue weighted by Crippen LogP contribution is -2.52. The van der Waals surface area contributed by atoms with E-state index in [0.717, 1.165) is 30.7 Å². The van der Waals surface area contributed by atoms with Gasteiger partial charge in [0.15, 0.2) is 6.23 Å². The molecule has 2 heterocycles. The van der Waals surface area contributed by atoms with Crippen LogP contribution in [0.5, 0.6) is 0 Å². The molecule has 0 amide bonds. The average Bonchev–Trinajstić information content (AvgIpc) is 2.32. The summed E-state index contributed by atoms with van der Waals surface area (Å²) in [7, 11) is 3.52. The Bertz CT molecular complexity index is 351. The average molecular weight is 239 g/mol. The molecule has 0 saturated carbocycles. The number of ether oxygens (including phenoxy) is 2. The molecule has 0 radical (unpaired) electrons. The number of piperidine rings is 1. The third-order valence-electron chi connectivity index (χ3n) is 4.03. The lowest BCUT2D eigenvalue weighted by molar-refractivity contribution is -0.144. The van der Waals surface area contributed by atoms with E-state index in [9.17, 15) is 4.79 Å². The van der Waals surface area contributed by atoms with Crippen molar-refractivity contribution < 1.29 is 14.3 Å². The van der Waals surface area contributed by atoms with Gasteiger partial charge in [0.1, 0.15) is 5.76 Å². The number of carbonyl (C=O) groups is 1. The van der Waals surface area contributed by atoms with E-state index in [1.807, 2.05) is 6.92 Å². The zero-order valence-corrected chi connectivity index (χ0v) is 11.0. The smallest absolute Gasteiger partial charge is 0.337 e. The summed E-state index contributed by atoms with van der Waals surface area (Å²) in [5.41, 5.74) is 0.753. The predicted octanol–water partition coefficient (Wildman–Crippen LogP) is 1.77. The topological polar surface area (TPSA) is 38.8 Å². The summed E-state index contributed by atoms with van der Waals surface area (Å²) in [6, 6.07) is 0. The van der Waals surface area contributed by atoms with Crippen LogP contribution in [0.1, 0.15) is 26.7 Å². The number of allylic oxidation sites excluding steroid dienone is 1. The highest BCUT2D eigenvalue weighted by Gasteiger charge is 2.45. The molecule has 3 atom stereocenters. The number of methoxy groups -OCH3 is 1. The van der Waals surface area contributed by atoms with Crippen molar-refractivity contribution in [1.29, 1.82) is 0 Å². The van der Waals surface area contributed by atoms with Gasteiger partial charge in [-0.25, -0.2) is 4.79 Å². The van der Waals surface area contributed by atoms with Crippen molar-refractivity contribution in [2.24, 2.45) is 11.8 Å². The summed E-state index contributed by atoms with van der Waals surface area (Å²) in [5, 5.41) is 0. The normalized spacial score (nSPS) is 33.3. The fraction of sp³-hybridized carbons (Fsp3) is 0.769. The van der Waals surface area contributed by atoms with E-state index in [1.54, 1.807) is 0 Å². The van der Waals surface area contributed by atoms with Crippen molar-refractivity contribution in [2.45, 2.75) is 32.9 Å². The second kappa shape index (κ2) is 4.69. The van der Waals surface area contributed by atoms with Crippen LogP contribution in [0, 0.1) is 11.8 Å². The van der Waals surface area contributed by atoms with Crippen molar-refractivity contribution in [3.05, 3.63) is 11.3 Å². The first-order valence-corrected chi connectivity index (χ1v) is 6.26. The van der Waals surface area contributed by atoms with Crippen molar-refractivity contribution >= 4 is 5.97 Å². The molecule has 2 aliphatic heterocycles. The van der Waals surface area contributed by atoms with Gasteiger partial charge in [0.25, 0.3) is 0 Å². The largest absolute Gasteiger partial charge is 0.479 e. The van der Waals surface area contributed by atoms with Gasteiger partial charge < -0.3 is 9.47 Å². The molecule has 96 valence electrons. The van der Waals surface area contributed by atoms with Crippen LogP contribution in [0.2, 0.25) is 0 Å². The van der Waals surface area contributed by atoms with Gasteiger partial charge in [0.2, 0.25) is 0 Å². The van der Waals surface area contributed by atoms with Crippen molar-refractivity contribution in [3.8, 4) is 0 Å². The Balaban J connectivity index is 2.36. The van der Waals surface area contributed by atoms with Gasteiger partial charge in [-0.15, -0.1) is 0 Å². The number of carbonyl (C=O) groups excluding carboxylic acids is 1. The Morgan fingerprint density at radius 2 is 2.29 bits per heavy atom. The van der Waals surface area contributed by atoms with E-state index in [4.69, 9.17) is 9.47 Å². The van der Waals surface area contributed by atoms with E-state index in [2.05, 4.69) is 18.9 Å². The maximum atomic E-state index is 11.8. The molecule has 1 fully saturated rings. The number of nitrogens with zero attached hydrogens (tertiary/aromatic N) is 1. The van der Waals surface area contributed by atoms with Crippen LogP contribution in [0.3, 0.4) is 0 Å². The van der Waals surface area contributed by atoms with Gasteiger partial charge in [-0.1, -0.05) is 6.92 Å². The van der Waals surface area contributed by atoms with E-state index in [1.165, 1.54) is 7.11 Å². The van der Waals surface area contributed by atoms with Crippen LogP contribution in [0.25, 0.3) is 0 Å². The molecule has 2 rings (SSSR count). The summed E-state index contributed by atoms with van der Waals surface area (Å²) in [4.78, 5) is 14.1. The Morgan fingerprint density at radius 1 is 1.59 bits per heavy atom.